The minimum Gasteiger partial charge on any atom is -0.462 e. The van der Waals surface area contributed by atoms with Crippen LogP contribution in [0.2, 0.25) is 5.15 Å². The first-order chi connectivity index (χ1) is 15.5. The summed E-state index contributed by atoms with van der Waals surface area (Å²) < 4.78 is 10.7. The lowest BCUT2D eigenvalue weighted by Gasteiger charge is -2.16. The topological polar surface area (TPSA) is 94.6 Å². The zero-order valence-electron chi connectivity index (χ0n) is 18.2. The van der Waals surface area contributed by atoms with Crippen molar-refractivity contribution >= 4 is 45.8 Å². The highest BCUT2D eigenvalue weighted by Crippen LogP contribution is 2.37. The SMILES string of the molecule is CCOC(=O)c1c(NC(=O)C(CC)OC(=O)c2cccnc2Cl)sc2c1CCCCCC2. The lowest BCUT2D eigenvalue weighted by Crippen LogP contribution is -2.32. The van der Waals surface area contributed by atoms with Crippen molar-refractivity contribution in [2.45, 2.75) is 64.9 Å². The minimum absolute atomic E-state index is 0.00965. The van der Waals surface area contributed by atoms with Gasteiger partial charge in [-0.1, -0.05) is 31.4 Å². The molecule has 3 rings (SSSR count). The quantitative estimate of drug-likeness (QED) is 0.433. The van der Waals surface area contributed by atoms with Gasteiger partial charge in [0.2, 0.25) is 0 Å². The summed E-state index contributed by atoms with van der Waals surface area (Å²) >= 11 is 7.37. The van der Waals surface area contributed by atoms with Gasteiger partial charge < -0.3 is 14.8 Å². The summed E-state index contributed by atoms with van der Waals surface area (Å²) in [5.74, 6) is -1.66. The molecular formula is C23H27ClN2O5S. The van der Waals surface area contributed by atoms with Crippen LogP contribution in [0, 0.1) is 0 Å². The average molecular weight is 479 g/mol. The number of carbonyl (C=O) groups excluding carboxylic acids is 3. The van der Waals surface area contributed by atoms with E-state index in [0.29, 0.717) is 10.6 Å². The van der Waals surface area contributed by atoms with Crippen LogP contribution < -0.4 is 5.32 Å². The molecule has 0 saturated heterocycles. The molecule has 0 aromatic carbocycles. The van der Waals surface area contributed by atoms with Crippen molar-refractivity contribution in [1.29, 1.82) is 0 Å². The number of halogens is 1. The molecule has 9 heteroatoms. The standard InChI is InChI=1S/C23H27ClN2O5S/c1-3-16(31-22(28)15-11-9-13-25-19(15)24)20(27)26-21-18(23(29)30-4-2)14-10-7-5-6-8-12-17(14)32-21/h9,11,13,16H,3-8,10,12H2,1-2H3,(H,26,27). The third kappa shape index (κ3) is 5.66. The van der Waals surface area contributed by atoms with Crippen molar-refractivity contribution in [2.75, 3.05) is 11.9 Å². The van der Waals surface area contributed by atoms with Crippen LogP contribution in [-0.2, 0) is 27.1 Å². The van der Waals surface area contributed by atoms with Crippen LogP contribution in [0.25, 0.3) is 0 Å². The molecular weight excluding hydrogens is 452 g/mol. The third-order valence-electron chi connectivity index (χ3n) is 5.28. The van der Waals surface area contributed by atoms with E-state index in [-0.39, 0.29) is 23.7 Å². The van der Waals surface area contributed by atoms with Gasteiger partial charge in [-0.05, 0) is 56.7 Å². The molecule has 2 aromatic heterocycles. The summed E-state index contributed by atoms with van der Waals surface area (Å²) in [5.41, 5.74) is 1.49. The van der Waals surface area contributed by atoms with E-state index in [1.165, 1.54) is 23.6 Å². The fourth-order valence-electron chi connectivity index (χ4n) is 3.67. The molecule has 172 valence electrons. The maximum Gasteiger partial charge on any atom is 0.342 e. The zero-order valence-corrected chi connectivity index (χ0v) is 19.8. The zero-order chi connectivity index (χ0) is 23.1. The monoisotopic (exact) mass is 478 g/mol. The summed E-state index contributed by atoms with van der Waals surface area (Å²) in [5, 5.41) is 3.29. The molecule has 1 aliphatic carbocycles. The summed E-state index contributed by atoms with van der Waals surface area (Å²) in [7, 11) is 0. The molecule has 1 unspecified atom stereocenters. The predicted molar refractivity (Wildman–Crippen MR) is 124 cm³/mol. The number of aryl methyl sites for hydroxylation is 1. The maximum atomic E-state index is 13.0. The van der Waals surface area contributed by atoms with Gasteiger partial charge in [0.25, 0.3) is 5.91 Å². The Labute approximate surface area is 196 Å². The number of rotatable bonds is 7. The number of hydrogen-bond acceptors (Lipinski definition) is 7. The van der Waals surface area contributed by atoms with Gasteiger partial charge in [-0.25, -0.2) is 14.6 Å². The van der Waals surface area contributed by atoms with Gasteiger partial charge in [0.05, 0.1) is 17.7 Å². The first-order valence-corrected chi connectivity index (χ1v) is 12.1. The number of esters is 2. The van der Waals surface area contributed by atoms with Gasteiger partial charge in [0.1, 0.15) is 10.2 Å². The van der Waals surface area contributed by atoms with Crippen molar-refractivity contribution in [3.8, 4) is 0 Å². The first-order valence-electron chi connectivity index (χ1n) is 10.9. The van der Waals surface area contributed by atoms with E-state index >= 15 is 0 Å². The Balaban J connectivity index is 1.83. The molecule has 7 nitrogen and oxygen atoms in total. The predicted octanol–water partition coefficient (Wildman–Crippen LogP) is 5.21. The van der Waals surface area contributed by atoms with E-state index in [0.717, 1.165) is 49.0 Å². The molecule has 0 spiro atoms. The lowest BCUT2D eigenvalue weighted by atomic mass is 9.96. The van der Waals surface area contributed by atoms with Crippen molar-refractivity contribution in [2.24, 2.45) is 0 Å². The van der Waals surface area contributed by atoms with Gasteiger partial charge in [-0.15, -0.1) is 11.3 Å². The molecule has 0 radical (unpaired) electrons. The molecule has 0 saturated carbocycles. The number of aromatic nitrogens is 1. The van der Waals surface area contributed by atoms with Gasteiger partial charge in [0.15, 0.2) is 6.10 Å². The number of ether oxygens (including phenoxy) is 2. The molecule has 32 heavy (non-hydrogen) atoms. The Morgan fingerprint density at radius 1 is 1.16 bits per heavy atom. The molecule has 1 atom stereocenters. The van der Waals surface area contributed by atoms with Crippen LogP contribution in [0.3, 0.4) is 0 Å². The second kappa shape index (κ2) is 11.4. The molecule has 0 bridgehead atoms. The molecule has 0 aliphatic heterocycles. The molecule has 1 aliphatic rings. The number of fused-ring (bicyclic) bond motifs is 1. The van der Waals surface area contributed by atoms with Crippen molar-refractivity contribution in [1.82, 2.24) is 4.98 Å². The molecule has 0 fully saturated rings. The van der Waals surface area contributed by atoms with Gasteiger partial charge >= 0.3 is 11.9 Å². The van der Waals surface area contributed by atoms with E-state index in [1.54, 1.807) is 19.9 Å². The lowest BCUT2D eigenvalue weighted by molar-refractivity contribution is -0.124. The number of thiophene rings is 1. The number of nitrogens with one attached hydrogen (secondary N) is 1. The highest BCUT2D eigenvalue weighted by atomic mass is 35.5. The van der Waals surface area contributed by atoms with E-state index in [2.05, 4.69) is 10.3 Å². The van der Waals surface area contributed by atoms with Crippen molar-refractivity contribution < 1.29 is 23.9 Å². The number of nitrogens with zero attached hydrogens (tertiary/aromatic N) is 1. The Morgan fingerprint density at radius 3 is 2.59 bits per heavy atom. The van der Waals surface area contributed by atoms with Crippen molar-refractivity contribution in [3.63, 3.8) is 0 Å². The Hall–Kier alpha value is -2.45. The van der Waals surface area contributed by atoms with Gasteiger partial charge in [-0.2, -0.15) is 0 Å². The van der Waals surface area contributed by atoms with E-state index < -0.39 is 23.9 Å². The molecule has 1 N–H and O–H groups in total. The second-order valence-corrected chi connectivity index (χ2v) is 8.94. The van der Waals surface area contributed by atoms with Crippen LogP contribution in [0.1, 0.15) is 77.1 Å². The van der Waals surface area contributed by atoms with E-state index in [1.807, 2.05) is 0 Å². The largest absolute Gasteiger partial charge is 0.462 e. The first kappa shape index (κ1) is 24.2. The third-order valence-corrected chi connectivity index (χ3v) is 6.79. The number of pyridine rings is 1. The van der Waals surface area contributed by atoms with Gasteiger partial charge in [0, 0.05) is 11.1 Å². The maximum absolute atomic E-state index is 13.0. The number of anilines is 1. The Morgan fingerprint density at radius 2 is 1.91 bits per heavy atom. The van der Waals surface area contributed by atoms with Gasteiger partial charge in [-0.3, -0.25) is 4.79 Å². The number of amides is 1. The highest BCUT2D eigenvalue weighted by Gasteiger charge is 2.29. The summed E-state index contributed by atoms with van der Waals surface area (Å²) in [6.07, 6.45) is 6.63. The normalized spacial score (nSPS) is 14.5. The van der Waals surface area contributed by atoms with Crippen molar-refractivity contribution in [3.05, 3.63) is 45.1 Å². The summed E-state index contributed by atoms with van der Waals surface area (Å²) in [6, 6.07) is 3.05. The second-order valence-electron chi connectivity index (χ2n) is 7.48. The highest BCUT2D eigenvalue weighted by molar-refractivity contribution is 7.17. The smallest absolute Gasteiger partial charge is 0.342 e. The Kier molecular flexibility index (Phi) is 8.64. The fourth-order valence-corrected chi connectivity index (χ4v) is 5.15. The fraction of sp³-hybridized carbons (Fsp3) is 0.478. The average Bonchev–Trinajstić information content (AvgIpc) is 3.08. The molecule has 2 heterocycles. The number of carbonyl (C=O) groups is 3. The van der Waals surface area contributed by atoms with Crippen LogP contribution in [0.5, 0.6) is 0 Å². The summed E-state index contributed by atoms with van der Waals surface area (Å²) in [4.78, 5) is 43.2. The number of hydrogen-bond donors (Lipinski definition) is 1. The van der Waals surface area contributed by atoms with Crippen LogP contribution >= 0.6 is 22.9 Å². The van der Waals surface area contributed by atoms with Crippen LogP contribution in [-0.4, -0.2) is 35.5 Å². The van der Waals surface area contributed by atoms with E-state index in [4.69, 9.17) is 21.1 Å². The van der Waals surface area contributed by atoms with E-state index in [9.17, 15) is 14.4 Å². The molecule has 2 aromatic rings. The minimum atomic E-state index is -1.04. The van der Waals surface area contributed by atoms with Crippen LogP contribution in [0.4, 0.5) is 5.00 Å². The summed E-state index contributed by atoms with van der Waals surface area (Å²) in [6.45, 7) is 3.74. The van der Waals surface area contributed by atoms with Crippen LogP contribution in [0.15, 0.2) is 18.3 Å². The molecule has 1 amide bonds. The Bertz CT molecular complexity index is 991.